The number of hydrogen-bond donors (Lipinski definition) is 2. The first-order valence-electron chi connectivity index (χ1n) is 8.26. The molecule has 2 aliphatic heterocycles. The highest BCUT2D eigenvalue weighted by Crippen LogP contribution is 2.30. The summed E-state index contributed by atoms with van der Waals surface area (Å²) in [5, 5.41) is 2.75. The molecule has 2 heterocycles. The second-order valence-corrected chi connectivity index (χ2v) is 8.09. The lowest BCUT2D eigenvalue weighted by molar-refractivity contribution is -0.126. The summed E-state index contributed by atoms with van der Waals surface area (Å²) in [6, 6.07) is 4.98. The summed E-state index contributed by atoms with van der Waals surface area (Å²) in [4.78, 5) is 12.4. The number of hydrogen-bond acceptors (Lipinski definition) is 5. The van der Waals surface area contributed by atoms with Crippen molar-refractivity contribution in [3.8, 4) is 5.75 Å². The number of nitrogens with one attached hydrogen (secondary N) is 1. The third kappa shape index (κ3) is 4.25. The standard InChI is InChI=1S/C16H23N3O4S.ClH/c17-6-7-18-16(20)13-2-1-8-19(11-13)24(21,22)14-3-4-15-12(10-14)5-9-23-15;/h3-4,10,13H,1-2,5-9,11,17H2,(H,18,20);1H. The van der Waals surface area contributed by atoms with E-state index in [0.717, 1.165) is 17.7 Å². The van der Waals surface area contributed by atoms with Crippen molar-refractivity contribution < 1.29 is 17.9 Å². The molecule has 1 amide bonds. The van der Waals surface area contributed by atoms with Gasteiger partial charge in [0.1, 0.15) is 5.75 Å². The first kappa shape index (κ1) is 20.0. The van der Waals surface area contributed by atoms with Gasteiger partial charge in [-0.15, -0.1) is 12.4 Å². The van der Waals surface area contributed by atoms with Gasteiger partial charge in [-0.3, -0.25) is 4.79 Å². The van der Waals surface area contributed by atoms with Gasteiger partial charge in [0.25, 0.3) is 0 Å². The lowest BCUT2D eigenvalue weighted by Gasteiger charge is -2.31. The van der Waals surface area contributed by atoms with E-state index in [9.17, 15) is 13.2 Å². The number of nitrogens with two attached hydrogens (primary N) is 1. The molecule has 140 valence electrons. The van der Waals surface area contributed by atoms with Crippen LogP contribution in [0.1, 0.15) is 18.4 Å². The van der Waals surface area contributed by atoms with Gasteiger partial charge < -0.3 is 15.8 Å². The molecule has 0 spiro atoms. The monoisotopic (exact) mass is 389 g/mol. The van der Waals surface area contributed by atoms with E-state index in [-0.39, 0.29) is 35.7 Å². The van der Waals surface area contributed by atoms with Crippen LogP contribution in [0.25, 0.3) is 0 Å². The number of rotatable bonds is 5. The molecule has 25 heavy (non-hydrogen) atoms. The number of halogens is 1. The maximum absolute atomic E-state index is 12.9. The molecule has 3 rings (SSSR count). The summed E-state index contributed by atoms with van der Waals surface area (Å²) in [6.45, 7) is 2.03. The van der Waals surface area contributed by atoms with Crippen LogP contribution in [0, 0.1) is 5.92 Å². The summed E-state index contributed by atoms with van der Waals surface area (Å²) in [6.07, 6.45) is 2.09. The predicted molar refractivity (Wildman–Crippen MR) is 96.4 cm³/mol. The Hall–Kier alpha value is -1.35. The molecule has 2 aliphatic rings. The van der Waals surface area contributed by atoms with Crippen LogP contribution < -0.4 is 15.8 Å². The molecular formula is C16H24ClN3O4S. The molecule has 1 aromatic rings. The topological polar surface area (TPSA) is 102 Å². The van der Waals surface area contributed by atoms with E-state index < -0.39 is 10.0 Å². The molecule has 0 bridgehead atoms. The van der Waals surface area contributed by atoms with Gasteiger partial charge in [-0.25, -0.2) is 8.42 Å². The highest BCUT2D eigenvalue weighted by molar-refractivity contribution is 7.89. The largest absolute Gasteiger partial charge is 0.493 e. The fraction of sp³-hybridized carbons (Fsp3) is 0.562. The highest BCUT2D eigenvalue weighted by Gasteiger charge is 2.33. The van der Waals surface area contributed by atoms with Gasteiger partial charge >= 0.3 is 0 Å². The van der Waals surface area contributed by atoms with Crippen LogP contribution >= 0.6 is 12.4 Å². The van der Waals surface area contributed by atoms with Crippen LogP contribution in [-0.4, -0.2) is 51.4 Å². The van der Waals surface area contributed by atoms with Gasteiger partial charge in [0.2, 0.25) is 15.9 Å². The van der Waals surface area contributed by atoms with Gasteiger partial charge in [-0.05, 0) is 36.6 Å². The van der Waals surface area contributed by atoms with E-state index in [0.29, 0.717) is 39.1 Å². The minimum atomic E-state index is -3.60. The van der Waals surface area contributed by atoms with E-state index in [1.165, 1.54) is 4.31 Å². The van der Waals surface area contributed by atoms with Crippen LogP contribution in [0.4, 0.5) is 0 Å². The normalized spacial score (nSPS) is 20.3. The molecule has 0 saturated carbocycles. The molecule has 1 aromatic carbocycles. The number of fused-ring (bicyclic) bond motifs is 1. The number of benzene rings is 1. The average Bonchev–Trinajstić information content (AvgIpc) is 3.07. The molecule has 1 atom stereocenters. The van der Waals surface area contributed by atoms with Gasteiger partial charge in [0.15, 0.2) is 0 Å². The van der Waals surface area contributed by atoms with Crippen molar-refractivity contribution in [2.75, 3.05) is 32.8 Å². The molecule has 0 radical (unpaired) electrons. The Morgan fingerprint density at radius 3 is 2.96 bits per heavy atom. The molecule has 1 fully saturated rings. The van der Waals surface area contributed by atoms with Crippen LogP contribution in [0.3, 0.4) is 0 Å². The van der Waals surface area contributed by atoms with E-state index in [1.54, 1.807) is 18.2 Å². The lowest BCUT2D eigenvalue weighted by atomic mass is 9.99. The van der Waals surface area contributed by atoms with Crippen molar-refractivity contribution in [2.45, 2.75) is 24.2 Å². The third-order valence-electron chi connectivity index (χ3n) is 4.50. The SMILES string of the molecule is Cl.NCCNC(=O)C1CCCN(S(=O)(=O)c2ccc3c(c2)CCO3)C1. The van der Waals surface area contributed by atoms with Crippen LogP contribution in [-0.2, 0) is 21.2 Å². The summed E-state index contributed by atoms with van der Waals surface area (Å²) in [7, 11) is -3.60. The minimum Gasteiger partial charge on any atom is -0.493 e. The summed E-state index contributed by atoms with van der Waals surface area (Å²) in [5.74, 6) is 0.312. The molecule has 0 aromatic heterocycles. The molecular weight excluding hydrogens is 366 g/mol. The number of amides is 1. The minimum absolute atomic E-state index is 0. The predicted octanol–water partition coefficient (Wildman–Crippen LogP) is 0.519. The van der Waals surface area contributed by atoms with Gasteiger partial charge in [-0.1, -0.05) is 0 Å². The van der Waals surface area contributed by atoms with Crippen molar-refractivity contribution in [3.63, 3.8) is 0 Å². The average molecular weight is 390 g/mol. The fourth-order valence-corrected chi connectivity index (χ4v) is 4.76. The Kier molecular flexibility index (Phi) is 6.67. The van der Waals surface area contributed by atoms with Crippen LogP contribution in [0.2, 0.25) is 0 Å². The number of sulfonamides is 1. The molecule has 1 unspecified atom stereocenters. The molecule has 1 saturated heterocycles. The summed E-state index contributed by atoms with van der Waals surface area (Å²) < 4.78 is 32.6. The Bertz CT molecular complexity index is 726. The van der Waals surface area contributed by atoms with Crippen molar-refractivity contribution in [3.05, 3.63) is 23.8 Å². The zero-order valence-corrected chi connectivity index (χ0v) is 15.6. The Morgan fingerprint density at radius 1 is 1.40 bits per heavy atom. The molecule has 3 N–H and O–H groups in total. The number of ether oxygens (including phenoxy) is 1. The van der Waals surface area contributed by atoms with E-state index in [2.05, 4.69) is 5.32 Å². The first-order chi connectivity index (χ1) is 11.5. The second-order valence-electron chi connectivity index (χ2n) is 6.15. The van der Waals surface area contributed by atoms with Gasteiger partial charge in [0.05, 0.1) is 17.4 Å². The number of carbonyl (C=O) groups excluding carboxylic acids is 1. The number of nitrogens with zero attached hydrogens (tertiary/aromatic N) is 1. The lowest BCUT2D eigenvalue weighted by Crippen LogP contribution is -2.46. The van der Waals surface area contributed by atoms with Crippen molar-refractivity contribution in [2.24, 2.45) is 11.7 Å². The molecule has 0 aliphatic carbocycles. The second kappa shape index (κ2) is 8.35. The molecule has 9 heteroatoms. The summed E-state index contributed by atoms with van der Waals surface area (Å²) in [5.41, 5.74) is 6.31. The maximum Gasteiger partial charge on any atom is 0.243 e. The third-order valence-corrected chi connectivity index (χ3v) is 6.36. The van der Waals surface area contributed by atoms with E-state index in [1.807, 2.05) is 0 Å². The molecule has 7 nitrogen and oxygen atoms in total. The van der Waals surface area contributed by atoms with Gasteiger partial charge in [-0.2, -0.15) is 4.31 Å². The van der Waals surface area contributed by atoms with E-state index in [4.69, 9.17) is 10.5 Å². The van der Waals surface area contributed by atoms with Crippen LogP contribution in [0.5, 0.6) is 5.75 Å². The number of carbonyl (C=O) groups is 1. The zero-order chi connectivity index (χ0) is 17.2. The smallest absolute Gasteiger partial charge is 0.243 e. The summed E-state index contributed by atoms with van der Waals surface area (Å²) >= 11 is 0. The highest BCUT2D eigenvalue weighted by atomic mass is 35.5. The maximum atomic E-state index is 12.9. The number of piperidine rings is 1. The van der Waals surface area contributed by atoms with Crippen molar-refractivity contribution >= 4 is 28.3 Å². The van der Waals surface area contributed by atoms with Crippen LogP contribution in [0.15, 0.2) is 23.1 Å². The first-order valence-corrected chi connectivity index (χ1v) is 9.70. The Balaban J connectivity index is 0.00000225. The van der Waals surface area contributed by atoms with Crippen molar-refractivity contribution in [1.29, 1.82) is 0 Å². The Labute approximate surface area is 154 Å². The zero-order valence-electron chi connectivity index (χ0n) is 13.9. The van der Waals surface area contributed by atoms with Crippen molar-refractivity contribution in [1.82, 2.24) is 9.62 Å². The Morgan fingerprint density at radius 2 is 2.20 bits per heavy atom. The fourth-order valence-electron chi connectivity index (χ4n) is 3.19. The van der Waals surface area contributed by atoms with Gasteiger partial charge in [0, 0.05) is 32.6 Å². The van der Waals surface area contributed by atoms with E-state index >= 15 is 0 Å². The quantitative estimate of drug-likeness (QED) is 0.764.